The van der Waals surface area contributed by atoms with Gasteiger partial charge in [-0.15, -0.1) is 0 Å². The van der Waals surface area contributed by atoms with Crippen LogP contribution in [-0.4, -0.2) is 56.4 Å². The zero-order valence-electron chi connectivity index (χ0n) is 16.0. The standard InChI is InChI=1S/C18H19F3N2O6/c1-23(2)17-12(13(24)14(27-3)15(29-17)18(26)28-4)16(25)22-7-9-10(20)5-8(19)6-11(9)21/h5-6,17,24H,7H2,1-4H3,(H,22,25). The van der Waals surface area contributed by atoms with E-state index in [1.165, 1.54) is 19.0 Å². The zero-order chi connectivity index (χ0) is 21.9. The third-order valence-corrected chi connectivity index (χ3v) is 3.97. The number of nitrogens with zero attached hydrogens (tertiary/aromatic N) is 1. The molecule has 0 fully saturated rings. The lowest BCUT2D eigenvalue weighted by Gasteiger charge is -2.32. The van der Waals surface area contributed by atoms with Crippen LogP contribution in [0.25, 0.3) is 0 Å². The second kappa shape index (κ2) is 8.86. The Morgan fingerprint density at radius 1 is 1.21 bits per heavy atom. The molecule has 0 saturated carbocycles. The van der Waals surface area contributed by atoms with Gasteiger partial charge in [0.2, 0.25) is 5.76 Å². The van der Waals surface area contributed by atoms with Gasteiger partial charge in [0.25, 0.3) is 11.7 Å². The van der Waals surface area contributed by atoms with Gasteiger partial charge in [-0.3, -0.25) is 9.69 Å². The summed E-state index contributed by atoms with van der Waals surface area (Å²) in [5, 5.41) is 12.7. The quantitative estimate of drug-likeness (QED) is 0.678. The molecule has 0 aromatic heterocycles. The van der Waals surface area contributed by atoms with Crippen LogP contribution in [0.15, 0.2) is 35.0 Å². The predicted molar refractivity (Wildman–Crippen MR) is 92.4 cm³/mol. The molecular weight excluding hydrogens is 397 g/mol. The van der Waals surface area contributed by atoms with Gasteiger partial charge >= 0.3 is 5.97 Å². The number of aliphatic hydroxyl groups is 1. The maximum atomic E-state index is 13.8. The number of carbonyl (C=O) groups excluding carboxylic acids is 2. The van der Waals surface area contributed by atoms with Crippen LogP contribution in [0.1, 0.15) is 5.56 Å². The summed E-state index contributed by atoms with van der Waals surface area (Å²) in [6, 6.07) is 0.949. The molecule has 29 heavy (non-hydrogen) atoms. The minimum Gasteiger partial charge on any atom is -0.504 e. The van der Waals surface area contributed by atoms with Gasteiger partial charge in [0.1, 0.15) is 23.0 Å². The number of halogens is 3. The van der Waals surface area contributed by atoms with E-state index in [1.54, 1.807) is 0 Å². The molecule has 1 amide bonds. The van der Waals surface area contributed by atoms with Crippen molar-refractivity contribution >= 4 is 11.9 Å². The highest BCUT2D eigenvalue weighted by Crippen LogP contribution is 2.30. The van der Waals surface area contributed by atoms with Crippen molar-refractivity contribution in [2.45, 2.75) is 12.8 Å². The van der Waals surface area contributed by atoms with E-state index >= 15 is 0 Å². The SMILES string of the molecule is COC(=O)C1=C(OC)C(O)=C(C(=O)NCc2c(F)cc(F)cc2F)C(N(C)C)O1. The molecule has 1 heterocycles. The average molecular weight is 416 g/mol. The molecule has 2 N–H and O–H groups in total. The van der Waals surface area contributed by atoms with E-state index < -0.39 is 64.9 Å². The number of esters is 1. The molecule has 1 aromatic carbocycles. The normalized spacial score (nSPS) is 16.6. The lowest BCUT2D eigenvalue weighted by Crippen LogP contribution is -2.43. The van der Waals surface area contributed by atoms with Gasteiger partial charge < -0.3 is 24.6 Å². The minimum absolute atomic E-state index is 0.373. The van der Waals surface area contributed by atoms with Gasteiger partial charge in [0, 0.05) is 24.2 Å². The average Bonchev–Trinajstić information content (AvgIpc) is 2.65. The van der Waals surface area contributed by atoms with Crippen molar-refractivity contribution in [3.63, 3.8) is 0 Å². The van der Waals surface area contributed by atoms with Gasteiger partial charge in [0.05, 0.1) is 14.2 Å². The lowest BCUT2D eigenvalue weighted by atomic mass is 10.1. The van der Waals surface area contributed by atoms with E-state index in [4.69, 9.17) is 9.47 Å². The number of ether oxygens (including phenoxy) is 3. The second-order valence-electron chi connectivity index (χ2n) is 6.08. The molecule has 0 radical (unpaired) electrons. The lowest BCUT2D eigenvalue weighted by molar-refractivity contribution is -0.144. The van der Waals surface area contributed by atoms with Crippen molar-refractivity contribution in [3.05, 3.63) is 58.0 Å². The van der Waals surface area contributed by atoms with Gasteiger partial charge in [-0.1, -0.05) is 0 Å². The Hall–Kier alpha value is -3.21. The summed E-state index contributed by atoms with van der Waals surface area (Å²) >= 11 is 0. The van der Waals surface area contributed by atoms with E-state index in [1.807, 2.05) is 0 Å². The molecule has 1 aliphatic heterocycles. The fraction of sp³-hybridized carbons (Fsp3) is 0.333. The summed E-state index contributed by atoms with van der Waals surface area (Å²) in [6.45, 7) is -0.635. The summed E-state index contributed by atoms with van der Waals surface area (Å²) in [5.41, 5.74) is -0.946. The molecule has 0 aliphatic carbocycles. The Bertz CT molecular complexity index is 875. The molecule has 1 unspecified atom stereocenters. The monoisotopic (exact) mass is 416 g/mol. The molecule has 0 spiro atoms. The van der Waals surface area contributed by atoms with Crippen LogP contribution in [0.2, 0.25) is 0 Å². The summed E-state index contributed by atoms with van der Waals surface area (Å²) in [7, 11) is 5.21. The number of likely N-dealkylation sites (N-methyl/N-ethyl adjacent to an activating group) is 1. The van der Waals surface area contributed by atoms with Crippen molar-refractivity contribution in [1.29, 1.82) is 0 Å². The first kappa shape index (κ1) is 22.1. The number of rotatable bonds is 6. The number of amides is 1. The Morgan fingerprint density at radius 3 is 2.28 bits per heavy atom. The molecule has 0 saturated heterocycles. The van der Waals surface area contributed by atoms with Crippen LogP contribution in [0.5, 0.6) is 0 Å². The molecule has 2 rings (SSSR count). The van der Waals surface area contributed by atoms with Gasteiger partial charge in [0.15, 0.2) is 12.0 Å². The maximum Gasteiger partial charge on any atom is 0.377 e. The highest BCUT2D eigenvalue weighted by Gasteiger charge is 2.40. The molecular formula is C18H19F3N2O6. The van der Waals surface area contributed by atoms with Crippen molar-refractivity contribution in [2.75, 3.05) is 28.3 Å². The van der Waals surface area contributed by atoms with Crippen LogP contribution >= 0.6 is 0 Å². The predicted octanol–water partition coefficient (Wildman–Crippen LogP) is 1.48. The number of benzene rings is 1. The fourth-order valence-electron chi connectivity index (χ4n) is 2.58. The Labute approximate surface area is 164 Å². The van der Waals surface area contributed by atoms with Crippen molar-refractivity contribution in [1.82, 2.24) is 10.2 Å². The number of methoxy groups -OCH3 is 2. The smallest absolute Gasteiger partial charge is 0.377 e. The van der Waals surface area contributed by atoms with Crippen LogP contribution in [0.4, 0.5) is 13.2 Å². The Kier molecular flexibility index (Phi) is 6.75. The van der Waals surface area contributed by atoms with Crippen LogP contribution in [0.3, 0.4) is 0 Å². The molecule has 1 aliphatic rings. The third kappa shape index (κ3) is 4.45. The van der Waals surface area contributed by atoms with E-state index in [2.05, 4.69) is 10.1 Å². The number of carbonyl (C=O) groups is 2. The molecule has 0 bridgehead atoms. The van der Waals surface area contributed by atoms with Gasteiger partial charge in [-0.05, 0) is 14.1 Å². The summed E-state index contributed by atoms with van der Waals surface area (Å²) in [4.78, 5) is 25.9. The summed E-state index contributed by atoms with van der Waals surface area (Å²) in [6.07, 6.45) is -1.24. The maximum absolute atomic E-state index is 13.8. The largest absolute Gasteiger partial charge is 0.504 e. The van der Waals surface area contributed by atoms with E-state index in [-0.39, 0.29) is 5.57 Å². The third-order valence-electron chi connectivity index (χ3n) is 3.97. The van der Waals surface area contributed by atoms with Crippen molar-refractivity contribution < 1.29 is 42.1 Å². The molecule has 11 heteroatoms. The number of hydrogen-bond donors (Lipinski definition) is 2. The summed E-state index contributed by atoms with van der Waals surface area (Å²) in [5.74, 6) is -6.99. The topological polar surface area (TPSA) is 97.3 Å². The molecule has 8 nitrogen and oxygen atoms in total. The minimum atomic E-state index is -1.24. The van der Waals surface area contributed by atoms with Crippen molar-refractivity contribution in [3.8, 4) is 0 Å². The van der Waals surface area contributed by atoms with Crippen LogP contribution < -0.4 is 5.32 Å². The number of nitrogens with one attached hydrogen (secondary N) is 1. The molecule has 1 aromatic rings. The first-order valence-corrected chi connectivity index (χ1v) is 8.17. The van der Waals surface area contributed by atoms with Crippen molar-refractivity contribution in [2.24, 2.45) is 0 Å². The van der Waals surface area contributed by atoms with E-state index in [0.717, 1.165) is 14.2 Å². The Balaban J connectivity index is 2.40. The first-order chi connectivity index (χ1) is 13.6. The van der Waals surface area contributed by atoms with E-state index in [0.29, 0.717) is 12.1 Å². The molecule has 158 valence electrons. The second-order valence-corrected chi connectivity index (χ2v) is 6.08. The van der Waals surface area contributed by atoms with Crippen LogP contribution in [-0.2, 0) is 30.3 Å². The first-order valence-electron chi connectivity index (χ1n) is 8.17. The Morgan fingerprint density at radius 2 is 1.79 bits per heavy atom. The number of hydrogen-bond acceptors (Lipinski definition) is 7. The summed E-state index contributed by atoms with van der Waals surface area (Å²) < 4.78 is 55.5. The highest BCUT2D eigenvalue weighted by molar-refractivity contribution is 5.97. The van der Waals surface area contributed by atoms with Gasteiger partial charge in [-0.25, -0.2) is 18.0 Å². The highest BCUT2D eigenvalue weighted by atomic mass is 19.1. The van der Waals surface area contributed by atoms with Gasteiger partial charge in [-0.2, -0.15) is 0 Å². The van der Waals surface area contributed by atoms with E-state index in [9.17, 15) is 27.9 Å². The van der Waals surface area contributed by atoms with Crippen LogP contribution in [0, 0.1) is 17.5 Å². The zero-order valence-corrected chi connectivity index (χ0v) is 16.0. The number of aliphatic hydroxyl groups excluding tert-OH is 1. The fourth-order valence-corrected chi connectivity index (χ4v) is 2.58. The molecule has 1 atom stereocenters.